The molecule has 0 aromatic carbocycles. The zero-order valence-electron chi connectivity index (χ0n) is 15.8. The Hall–Kier alpha value is -2.73. The summed E-state index contributed by atoms with van der Waals surface area (Å²) in [5.74, 6) is 9.69. The third-order valence-electron chi connectivity index (χ3n) is 2.95. The molecule has 0 saturated heterocycles. The molecule has 0 aliphatic carbocycles. The number of hydrogen-bond acceptors (Lipinski definition) is 6. The van der Waals surface area contributed by atoms with Crippen molar-refractivity contribution in [3.63, 3.8) is 0 Å². The molecule has 0 aliphatic heterocycles. The normalized spacial score (nSPS) is 12.0. The molecule has 0 unspecified atom stereocenters. The SMILES string of the molecule is CC[C@@H](C#CC#C/C=C/[C@H](CCCCOC(C)=O)OC(C)=O)OC(C)=O. The largest absolute Gasteiger partial charge is 0.466 e. The van der Waals surface area contributed by atoms with Crippen LogP contribution in [0.25, 0.3) is 0 Å². The van der Waals surface area contributed by atoms with Gasteiger partial charge in [0.25, 0.3) is 0 Å². The number of hydrogen-bond donors (Lipinski definition) is 0. The topological polar surface area (TPSA) is 78.9 Å². The minimum atomic E-state index is -0.461. The minimum Gasteiger partial charge on any atom is -0.466 e. The van der Waals surface area contributed by atoms with Gasteiger partial charge in [-0.25, -0.2) is 0 Å². The van der Waals surface area contributed by atoms with Gasteiger partial charge in [-0.1, -0.05) is 12.8 Å². The first-order valence-electron chi connectivity index (χ1n) is 8.50. The molecular weight excluding hydrogens is 336 g/mol. The number of ether oxygens (including phenoxy) is 3. The molecule has 0 rings (SSSR count). The van der Waals surface area contributed by atoms with Crippen LogP contribution < -0.4 is 0 Å². The van der Waals surface area contributed by atoms with Crippen LogP contribution in [0.5, 0.6) is 0 Å². The fraction of sp³-hybridized carbons (Fsp3) is 0.550. The molecule has 26 heavy (non-hydrogen) atoms. The summed E-state index contributed by atoms with van der Waals surface area (Å²) in [4.78, 5) is 32.7. The Morgan fingerprint density at radius 3 is 2.23 bits per heavy atom. The van der Waals surface area contributed by atoms with Crippen LogP contribution >= 0.6 is 0 Å². The van der Waals surface area contributed by atoms with Gasteiger partial charge in [-0.3, -0.25) is 14.4 Å². The van der Waals surface area contributed by atoms with Gasteiger partial charge in [0.05, 0.1) is 6.61 Å². The number of esters is 3. The highest BCUT2D eigenvalue weighted by Gasteiger charge is 2.08. The summed E-state index contributed by atoms with van der Waals surface area (Å²) in [5, 5.41) is 0. The van der Waals surface area contributed by atoms with Gasteiger partial charge in [-0.2, -0.15) is 0 Å². The predicted octanol–water partition coefficient (Wildman–Crippen LogP) is 2.56. The van der Waals surface area contributed by atoms with Crippen molar-refractivity contribution >= 4 is 17.9 Å². The highest BCUT2D eigenvalue weighted by molar-refractivity contribution is 5.67. The lowest BCUT2D eigenvalue weighted by Gasteiger charge is -2.12. The summed E-state index contributed by atoms with van der Waals surface area (Å²) in [6.45, 7) is 6.25. The van der Waals surface area contributed by atoms with Crippen molar-refractivity contribution in [2.45, 2.75) is 65.6 Å². The summed E-state index contributed by atoms with van der Waals surface area (Å²) in [7, 11) is 0. The van der Waals surface area contributed by atoms with Crippen molar-refractivity contribution in [3.8, 4) is 23.7 Å². The Labute approximate surface area is 155 Å². The lowest BCUT2D eigenvalue weighted by molar-refractivity contribution is -0.145. The lowest BCUT2D eigenvalue weighted by atomic mass is 10.1. The predicted molar refractivity (Wildman–Crippen MR) is 96.6 cm³/mol. The molecule has 0 spiro atoms. The van der Waals surface area contributed by atoms with Crippen LogP contribution in [0.2, 0.25) is 0 Å². The van der Waals surface area contributed by atoms with E-state index in [0.29, 0.717) is 25.9 Å². The van der Waals surface area contributed by atoms with Gasteiger partial charge in [0, 0.05) is 20.8 Å². The first kappa shape index (κ1) is 23.3. The maximum Gasteiger partial charge on any atom is 0.303 e. The third-order valence-corrected chi connectivity index (χ3v) is 2.95. The van der Waals surface area contributed by atoms with E-state index in [9.17, 15) is 14.4 Å². The molecule has 0 fully saturated rings. The molecule has 0 radical (unpaired) electrons. The van der Waals surface area contributed by atoms with E-state index in [0.717, 1.165) is 6.42 Å². The maximum absolute atomic E-state index is 11.1. The average Bonchev–Trinajstić information content (AvgIpc) is 2.54. The highest BCUT2D eigenvalue weighted by Crippen LogP contribution is 2.07. The van der Waals surface area contributed by atoms with E-state index in [2.05, 4.69) is 23.7 Å². The Bertz CT molecular complexity index is 612. The second kappa shape index (κ2) is 14.6. The fourth-order valence-electron chi connectivity index (χ4n) is 1.84. The third kappa shape index (κ3) is 14.8. The zero-order valence-corrected chi connectivity index (χ0v) is 15.8. The number of rotatable bonds is 9. The molecule has 0 saturated carbocycles. The van der Waals surface area contributed by atoms with Gasteiger partial charge in [0.15, 0.2) is 6.10 Å². The van der Waals surface area contributed by atoms with Crippen molar-refractivity contribution < 1.29 is 28.6 Å². The van der Waals surface area contributed by atoms with Gasteiger partial charge in [0.2, 0.25) is 0 Å². The lowest BCUT2D eigenvalue weighted by Crippen LogP contribution is -2.14. The second-order valence-electron chi connectivity index (χ2n) is 5.39. The monoisotopic (exact) mass is 362 g/mol. The molecule has 6 heteroatoms. The Morgan fingerprint density at radius 2 is 1.65 bits per heavy atom. The van der Waals surface area contributed by atoms with E-state index < -0.39 is 12.2 Å². The number of allylic oxidation sites excluding steroid dienone is 1. The van der Waals surface area contributed by atoms with Crippen LogP contribution in [0.4, 0.5) is 0 Å². The molecule has 142 valence electrons. The van der Waals surface area contributed by atoms with Crippen molar-refractivity contribution in [2.75, 3.05) is 6.61 Å². The fourth-order valence-corrected chi connectivity index (χ4v) is 1.84. The van der Waals surface area contributed by atoms with Gasteiger partial charge in [-0.05, 0) is 55.6 Å². The zero-order chi connectivity index (χ0) is 19.8. The van der Waals surface area contributed by atoms with Crippen LogP contribution in [0, 0.1) is 23.7 Å². The molecule has 0 N–H and O–H groups in total. The number of unbranched alkanes of at least 4 members (excludes halogenated alkanes) is 1. The molecule has 2 atom stereocenters. The van der Waals surface area contributed by atoms with Crippen LogP contribution in [0.1, 0.15) is 53.4 Å². The standard InChI is InChI=1S/C20H26O6/c1-5-19(25-17(3)22)12-8-6-7-9-13-20(26-18(4)23)14-10-11-15-24-16(2)21/h9,13,19-20H,5,10-11,14-15H2,1-4H3/b13-9+/t19-,20+/m0/s1. The smallest absolute Gasteiger partial charge is 0.303 e. The molecule has 0 amide bonds. The van der Waals surface area contributed by atoms with Gasteiger partial charge in [0.1, 0.15) is 6.10 Å². The average molecular weight is 362 g/mol. The summed E-state index contributed by atoms with van der Waals surface area (Å²) in [6.07, 6.45) is 5.03. The van der Waals surface area contributed by atoms with E-state index in [4.69, 9.17) is 14.2 Å². The second-order valence-corrected chi connectivity index (χ2v) is 5.39. The van der Waals surface area contributed by atoms with Crippen molar-refractivity contribution in [1.29, 1.82) is 0 Å². The van der Waals surface area contributed by atoms with Gasteiger partial charge >= 0.3 is 17.9 Å². The van der Waals surface area contributed by atoms with Crippen molar-refractivity contribution in [3.05, 3.63) is 12.2 Å². The van der Waals surface area contributed by atoms with Crippen LogP contribution in [-0.2, 0) is 28.6 Å². The van der Waals surface area contributed by atoms with Crippen LogP contribution in [0.15, 0.2) is 12.2 Å². The van der Waals surface area contributed by atoms with Crippen molar-refractivity contribution in [2.24, 2.45) is 0 Å². The van der Waals surface area contributed by atoms with E-state index >= 15 is 0 Å². The molecule has 0 aromatic rings. The van der Waals surface area contributed by atoms with Crippen molar-refractivity contribution in [1.82, 2.24) is 0 Å². The molecule has 0 aliphatic rings. The number of carbonyl (C=O) groups is 3. The summed E-state index contributed by atoms with van der Waals surface area (Å²) >= 11 is 0. The first-order chi connectivity index (χ1) is 12.3. The van der Waals surface area contributed by atoms with E-state index in [-0.39, 0.29) is 17.9 Å². The molecule has 0 heterocycles. The molecule has 0 aromatic heterocycles. The van der Waals surface area contributed by atoms with Gasteiger partial charge < -0.3 is 14.2 Å². The Morgan fingerprint density at radius 1 is 0.962 bits per heavy atom. The van der Waals surface area contributed by atoms with Crippen LogP contribution in [0.3, 0.4) is 0 Å². The molecular formula is C20H26O6. The first-order valence-corrected chi connectivity index (χ1v) is 8.50. The molecule has 6 nitrogen and oxygen atoms in total. The van der Waals surface area contributed by atoms with E-state index in [1.54, 1.807) is 12.2 Å². The highest BCUT2D eigenvalue weighted by atomic mass is 16.5. The minimum absolute atomic E-state index is 0.308. The van der Waals surface area contributed by atoms with Gasteiger partial charge in [-0.15, -0.1) is 0 Å². The molecule has 0 bridgehead atoms. The Kier molecular flexibility index (Phi) is 13.1. The van der Waals surface area contributed by atoms with Crippen LogP contribution in [-0.4, -0.2) is 36.7 Å². The Balaban J connectivity index is 4.48. The summed E-state index contributed by atoms with van der Waals surface area (Å²) in [5.41, 5.74) is 0. The maximum atomic E-state index is 11.1. The van der Waals surface area contributed by atoms with E-state index in [1.807, 2.05) is 6.92 Å². The number of carbonyl (C=O) groups excluding carboxylic acids is 3. The quantitative estimate of drug-likeness (QED) is 0.271. The summed E-state index contributed by atoms with van der Waals surface area (Å²) < 4.78 is 15.0. The summed E-state index contributed by atoms with van der Waals surface area (Å²) in [6, 6.07) is 0. The van der Waals surface area contributed by atoms with E-state index in [1.165, 1.54) is 20.8 Å².